The Labute approximate surface area is 184 Å². The van der Waals surface area contributed by atoms with Gasteiger partial charge >= 0.3 is 0 Å². The molecule has 0 saturated carbocycles. The van der Waals surface area contributed by atoms with Crippen LogP contribution in [0.2, 0.25) is 0 Å². The number of thioether (sulfide) groups is 1. The van der Waals surface area contributed by atoms with Crippen molar-refractivity contribution in [1.29, 1.82) is 0 Å². The molecule has 0 bridgehead atoms. The van der Waals surface area contributed by atoms with Crippen LogP contribution in [0, 0.1) is 6.92 Å². The van der Waals surface area contributed by atoms with Gasteiger partial charge in [0.25, 0.3) is 0 Å². The summed E-state index contributed by atoms with van der Waals surface area (Å²) >= 11 is 2.82. The Hall–Kier alpha value is -2.00. The number of aryl methyl sites for hydroxylation is 1. The maximum absolute atomic E-state index is 12.8. The lowest BCUT2D eigenvalue weighted by molar-refractivity contribution is -0.0172. The maximum atomic E-state index is 12.8. The summed E-state index contributed by atoms with van der Waals surface area (Å²) in [6, 6.07) is 7.57. The fraction of sp³-hybridized carbons (Fsp3) is 0.409. The molecule has 1 aliphatic heterocycles. The molecule has 0 amide bonds. The number of piperidine rings is 1. The molecule has 0 atom stereocenters. The Balaban J connectivity index is 1.50. The third-order valence-corrected chi connectivity index (χ3v) is 7.79. The minimum absolute atomic E-state index is 0.0417. The lowest BCUT2D eigenvalue weighted by Crippen LogP contribution is -2.40. The van der Waals surface area contributed by atoms with Crippen LogP contribution in [0.4, 0.5) is 0 Å². The van der Waals surface area contributed by atoms with Crippen molar-refractivity contribution in [2.75, 3.05) is 33.0 Å². The predicted molar refractivity (Wildman–Crippen MR) is 121 cm³/mol. The monoisotopic (exact) mass is 443 g/mol. The van der Waals surface area contributed by atoms with Crippen molar-refractivity contribution in [1.82, 2.24) is 14.9 Å². The number of methoxy groups -OCH3 is 1. The average molecular weight is 444 g/mol. The van der Waals surface area contributed by atoms with Gasteiger partial charge in [0.1, 0.15) is 16.4 Å². The summed E-state index contributed by atoms with van der Waals surface area (Å²) in [6.45, 7) is 3.64. The van der Waals surface area contributed by atoms with Gasteiger partial charge in [0.15, 0.2) is 5.78 Å². The van der Waals surface area contributed by atoms with Crippen molar-refractivity contribution < 1.29 is 14.6 Å². The van der Waals surface area contributed by atoms with Crippen LogP contribution in [0.5, 0.6) is 5.75 Å². The molecule has 1 saturated heterocycles. The zero-order valence-electron chi connectivity index (χ0n) is 17.3. The standard InChI is InChI=1S/C22H25N3O3S2/c1-14-10-17-16(11-15(28-3)12-23-17)21(24-14)29-13-18(26)19-4-5-20(30-19)22(27)6-8-25(2)9-7-22/h4-5,10-12,27H,6-9,13H2,1-3H3. The lowest BCUT2D eigenvalue weighted by Gasteiger charge is -2.35. The molecule has 30 heavy (non-hydrogen) atoms. The fourth-order valence-corrected chi connectivity index (χ4v) is 5.72. The van der Waals surface area contributed by atoms with Gasteiger partial charge in [-0.15, -0.1) is 11.3 Å². The average Bonchev–Trinajstić information content (AvgIpc) is 3.25. The summed E-state index contributed by atoms with van der Waals surface area (Å²) in [4.78, 5) is 25.7. The van der Waals surface area contributed by atoms with Gasteiger partial charge < -0.3 is 14.7 Å². The molecule has 4 rings (SSSR count). The van der Waals surface area contributed by atoms with E-state index in [0.29, 0.717) is 23.5 Å². The molecule has 0 radical (unpaired) electrons. The molecule has 0 aliphatic carbocycles. The number of thiophene rings is 1. The molecular weight excluding hydrogens is 418 g/mol. The summed E-state index contributed by atoms with van der Waals surface area (Å²) in [6.07, 6.45) is 3.07. The van der Waals surface area contributed by atoms with E-state index in [0.717, 1.165) is 39.6 Å². The van der Waals surface area contributed by atoms with Gasteiger partial charge in [0.05, 0.1) is 29.5 Å². The number of aromatic nitrogens is 2. The number of hydrogen-bond donors (Lipinski definition) is 1. The van der Waals surface area contributed by atoms with Crippen LogP contribution < -0.4 is 4.74 Å². The zero-order chi connectivity index (χ0) is 21.3. The molecular formula is C22H25N3O3S2. The first-order valence-electron chi connectivity index (χ1n) is 9.86. The van der Waals surface area contributed by atoms with Gasteiger partial charge in [0.2, 0.25) is 0 Å². The number of aliphatic hydroxyl groups is 1. The summed E-state index contributed by atoms with van der Waals surface area (Å²) in [5, 5.41) is 12.7. The minimum atomic E-state index is -0.820. The van der Waals surface area contributed by atoms with E-state index < -0.39 is 5.60 Å². The van der Waals surface area contributed by atoms with Gasteiger partial charge in [-0.3, -0.25) is 9.78 Å². The van der Waals surface area contributed by atoms with Crippen molar-refractivity contribution in [3.8, 4) is 5.75 Å². The summed E-state index contributed by atoms with van der Waals surface area (Å²) in [5.74, 6) is 0.986. The second kappa shape index (κ2) is 8.63. The number of carbonyl (C=O) groups is 1. The van der Waals surface area contributed by atoms with Gasteiger partial charge in [-0.2, -0.15) is 0 Å². The molecule has 1 aliphatic rings. The molecule has 1 fully saturated rings. The van der Waals surface area contributed by atoms with Crippen LogP contribution in [-0.4, -0.2) is 58.8 Å². The number of nitrogens with zero attached hydrogens (tertiary/aromatic N) is 3. The number of Topliss-reactive ketones (excluding diaryl/α,β-unsaturated/α-hetero) is 1. The Morgan fingerprint density at radius 2 is 2.10 bits per heavy atom. The quantitative estimate of drug-likeness (QED) is 0.457. The topological polar surface area (TPSA) is 75.5 Å². The van der Waals surface area contributed by atoms with Crippen LogP contribution in [0.25, 0.3) is 10.9 Å². The molecule has 6 nitrogen and oxygen atoms in total. The first kappa shape index (κ1) is 21.2. The number of rotatable bonds is 6. The predicted octanol–water partition coefficient (Wildman–Crippen LogP) is 3.90. The Bertz CT molecular complexity index is 1070. The highest BCUT2D eigenvalue weighted by atomic mass is 32.2. The number of hydrogen-bond acceptors (Lipinski definition) is 8. The van der Waals surface area contributed by atoms with Gasteiger partial charge in [-0.05, 0) is 51.1 Å². The van der Waals surface area contributed by atoms with E-state index in [9.17, 15) is 9.90 Å². The first-order chi connectivity index (χ1) is 14.4. The molecule has 0 aromatic carbocycles. The summed E-state index contributed by atoms with van der Waals surface area (Å²) < 4.78 is 5.29. The van der Waals surface area contributed by atoms with E-state index >= 15 is 0 Å². The largest absolute Gasteiger partial charge is 0.495 e. The van der Waals surface area contributed by atoms with E-state index in [-0.39, 0.29) is 11.5 Å². The first-order valence-corrected chi connectivity index (χ1v) is 11.7. The molecule has 3 aromatic heterocycles. The van der Waals surface area contributed by atoms with E-state index in [4.69, 9.17) is 4.74 Å². The molecule has 3 aromatic rings. The number of fused-ring (bicyclic) bond motifs is 1. The summed E-state index contributed by atoms with van der Waals surface area (Å²) in [7, 11) is 3.67. The fourth-order valence-electron chi connectivity index (χ4n) is 3.59. The highest BCUT2D eigenvalue weighted by Gasteiger charge is 2.34. The van der Waals surface area contributed by atoms with Crippen molar-refractivity contribution in [2.24, 2.45) is 0 Å². The molecule has 0 unspecified atom stereocenters. The van der Waals surface area contributed by atoms with Crippen molar-refractivity contribution in [3.05, 3.63) is 45.9 Å². The third kappa shape index (κ3) is 4.37. The van der Waals surface area contributed by atoms with Crippen LogP contribution in [0.1, 0.15) is 33.1 Å². The van der Waals surface area contributed by atoms with Crippen LogP contribution in [0.15, 0.2) is 35.5 Å². The van der Waals surface area contributed by atoms with Crippen molar-refractivity contribution in [3.63, 3.8) is 0 Å². The third-order valence-electron chi connectivity index (χ3n) is 5.48. The summed E-state index contributed by atoms with van der Waals surface area (Å²) in [5.41, 5.74) is 0.874. The Morgan fingerprint density at radius 3 is 2.83 bits per heavy atom. The highest BCUT2D eigenvalue weighted by molar-refractivity contribution is 8.00. The van der Waals surface area contributed by atoms with Crippen LogP contribution in [0.3, 0.4) is 0 Å². The van der Waals surface area contributed by atoms with Crippen molar-refractivity contribution >= 4 is 39.8 Å². The lowest BCUT2D eigenvalue weighted by atomic mass is 9.90. The zero-order valence-corrected chi connectivity index (χ0v) is 19.0. The van der Waals surface area contributed by atoms with Crippen LogP contribution >= 0.6 is 23.1 Å². The maximum Gasteiger partial charge on any atom is 0.183 e. The molecule has 158 valence electrons. The number of ketones is 1. The van der Waals surface area contributed by atoms with Gasteiger partial charge in [-0.25, -0.2) is 4.98 Å². The number of carbonyl (C=O) groups excluding carboxylic acids is 1. The van der Waals surface area contributed by atoms with Crippen LogP contribution in [-0.2, 0) is 5.60 Å². The smallest absolute Gasteiger partial charge is 0.183 e. The van der Waals surface area contributed by atoms with E-state index in [1.807, 2.05) is 31.2 Å². The number of ether oxygens (including phenoxy) is 1. The van der Waals surface area contributed by atoms with Gasteiger partial charge in [-0.1, -0.05) is 11.8 Å². The van der Waals surface area contributed by atoms with Crippen molar-refractivity contribution in [2.45, 2.75) is 30.4 Å². The van der Waals surface area contributed by atoms with E-state index in [1.165, 1.54) is 23.1 Å². The Kier molecular flexibility index (Phi) is 6.11. The molecule has 1 N–H and O–H groups in total. The molecule has 4 heterocycles. The number of likely N-dealkylation sites (tertiary alicyclic amines) is 1. The number of pyridine rings is 2. The minimum Gasteiger partial charge on any atom is -0.495 e. The normalized spacial score (nSPS) is 16.7. The highest BCUT2D eigenvalue weighted by Crippen LogP contribution is 2.37. The molecule has 0 spiro atoms. The molecule has 8 heteroatoms. The second-order valence-corrected chi connectivity index (χ2v) is 9.77. The van der Waals surface area contributed by atoms with Gasteiger partial charge in [0, 0.05) is 29.0 Å². The SMILES string of the molecule is COc1cnc2cc(C)nc(SCC(=O)c3ccc(C4(O)CCN(C)CC4)s3)c2c1. The van der Waals surface area contributed by atoms with E-state index in [2.05, 4.69) is 21.9 Å². The van der Waals surface area contributed by atoms with E-state index in [1.54, 1.807) is 13.3 Å². The Morgan fingerprint density at radius 1 is 1.33 bits per heavy atom. The second-order valence-electron chi connectivity index (χ2n) is 7.72.